The highest BCUT2D eigenvalue weighted by Gasteiger charge is 2.18. The van der Waals surface area contributed by atoms with E-state index in [0.717, 1.165) is 0 Å². The summed E-state index contributed by atoms with van der Waals surface area (Å²) in [5.41, 5.74) is -0.249. The number of carbonyl (C=O) groups excluding carboxylic acids is 1. The Morgan fingerprint density at radius 2 is 2.04 bits per heavy atom. The van der Waals surface area contributed by atoms with Crippen LogP contribution in [-0.4, -0.2) is 45.4 Å². The van der Waals surface area contributed by atoms with E-state index in [4.69, 9.17) is 0 Å². The molecule has 1 amide bonds. The predicted octanol–water partition coefficient (Wildman–Crippen LogP) is 3.36. The number of hydrogen-bond acceptors (Lipinski definition) is 7. The average molecular weight is 391 g/mol. The first-order valence-corrected chi connectivity index (χ1v) is 9.44. The smallest absolute Gasteiger partial charge is 0.256 e. The van der Waals surface area contributed by atoms with Gasteiger partial charge in [0.1, 0.15) is 17.2 Å². The summed E-state index contributed by atoms with van der Waals surface area (Å²) < 4.78 is 0. The van der Waals surface area contributed by atoms with Crippen LogP contribution >= 0.6 is 0 Å². The number of nitrogens with one attached hydrogen (secondary N) is 3. The standard InChI is InChI=1S/C18H28N6O2.C2H6/c1-7-10-20-16(25)13-11-21-17(19-9-3)24-15(13)23-14(8-2)22-12(4)18(5,6)26;1-2/h7-8,11,26H,1,9-10H2,2-6H3,(H,20,25)(H2,19,21,23,24);1-2H3/b14-8+,22-12+;. The van der Waals surface area contributed by atoms with Crippen molar-refractivity contribution in [2.75, 3.05) is 23.7 Å². The molecule has 0 saturated heterocycles. The number of rotatable bonds is 9. The number of carbonyl (C=O) groups is 1. The summed E-state index contributed by atoms with van der Waals surface area (Å²) in [5, 5.41) is 18.8. The van der Waals surface area contributed by atoms with E-state index in [1.54, 1.807) is 39.8 Å². The first kappa shape index (κ1) is 25.3. The number of amides is 1. The SMILES string of the molecule is C=CCNC(=O)c1cnc(NCC)nc1NC(=C/C)/N=C(\C)C(C)(C)O.CC. The van der Waals surface area contributed by atoms with Gasteiger partial charge in [0.15, 0.2) is 0 Å². The minimum atomic E-state index is -1.05. The summed E-state index contributed by atoms with van der Waals surface area (Å²) in [7, 11) is 0. The lowest BCUT2D eigenvalue weighted by Crippen LogP contribution is -2.29. The summed E-state index contributed by atoms with van der Waals surface area (Å²) in [4.78, 5) is 25.2. The van der Waals surface area contributed by atoms with Gasteiger partial charge in [0, 0.05) is 25.0 Å². The van der Waals surface area contributed by atoms with Crippen LogP contribution in [0.15, 0.2) is 35.7 Å². The average Bonchev–Trinajstić information content (AvgIpc) is 2.66. The van der Waals surface area contributed by atoms with Gasteiger partial charge in [0.2, 0.25) is 5.95 Å². The highest BCUT2D eigenvalue weighted by Crippen LogP contribution is 2.18. The minimum absolute atomic E-state index is 0.281. The number of hydrogen-bond donors (Lipinski definition) is 4. The van der Waals surface area contributed by atoms with Gasteiger partial charge in [-0.05, 0) is 40.7 Å². The van der Waals surface area contributed by atoms with Gasteiger partial charge in [-0.1, -0.05) is 19.9 Å². The molecule has 1 aromatic rings. The van der Waals surface area contributed by atoms with Crippen molar-refractivity contribution in [3.05, 3.63) is 36.3 Å². The third-order valence-electron chi connectivity index (χ3n) is 3.47. The van der Waals surface area contributed by atoms with Crippen LogP contribution in [0.2, 0.25) is 0 Å². The van der Waals surface area contributed by atoms with Crippen LogP contribution < -0.4 is 16.0 Å². The van der Waals surface area contributed by atoms with E-state index < -0.39 is 5.60 Å². The zero-order chi connectivity index (χ0) is 21.7. The second kappa shape index (κ2) is 12.6. The van der Waals surface area contributed by atoms with Crippen molar-refractivity contribution in [1.29, 1.82) is 0 Å². The maximum Gasteiger partial charge on any atom is 0.256 e. The van der Waals surface area contributed by atoms with Crippen LogP contribution in [0.3, 0.4) is 0 Å². The molecule has 0 radical (unpaired) electrons. The van der Waals surface area contributed by atoms with Gasteiger partial charge in [-0.2, -0.15) is 4.98 Å². The van der Waals surface area contributed by atoms with E-state index in [9.17, 15) is 9.90 Å². The molecule has 1 heterocycles. The second-order valence-corrected chi connectivity index (χ2v) is 6.04. The Morgan fingerprint density at radius 1 is 1.39 bits per heavy atom. The fourth-order valence-corrected chi connectivity index (χ4v) is 1.75. The zero-order valence-corrected chi connectivity index (χ0v) is 18.1. The van der Waals surface area contributed by atoms with Crippen LogP contribution in [0.4, 0.5) is 11.8 Å². The largest absolute Gasteiger partial charge is 0.385 e. The van der Waals surface area contributed by atoms with Crippen LogP contribution in [0, 0.1) is 0 Å². The molecule has 1 rings (SSSR count). The Balaban J connectivity index is 0.00000352. The summed E-state index contributed by atoms with van der Waals surface area (Å²) in [5.74, 6) is 0.851. The van der Waals surface area contributed by atoms with Crippen molar-refractivity contribution in [3.8, 4) is 0 Å². The summed E-state index contributed by atoms with van der Waals surface area (Å²) >= 11 is 0. The van der Waals surface area contributed by atoms with Crippen molar-refractivity contribution in [2.24, 2.45) is 4.99 Å². The van der Waals surface area contributed by atoms with Crippen molar-refractivity contribution in [2.45, 2.75) is 54.1 Å². The molecule has 0 atom stereocenters. The zero-order valence-electron chi connectivity index (χ0n) is 18.1. The monoisotopic (exact) mass is 390 g/mol. The Labute approximate surface area is 168 Å². The molecule has 28 heavy (non-hydrogen) atoms. The molecule has 0 aliphatic rings. The molecule has 8 heteroatoms. The van der Waals surface area contributed by atoms with Gasteiger partial charge in [0.05, 0.1) is 5.60 Å². The quantitative estimate of drug-likeness (QED) is 0.380. The van der Waals surface area contributed by atoms with E-state index in [1.165, 1.54) is 6.20 Å². The maximum absolute atomic E-state index is 12.4. The molecule has 0 aliphatic heterocycles. The molecule has 0 aliphatic carbocycles. The van der Waals surface area contributed by atoms with Gasteiger partial charge < -0.3 is 21.1 Å². The molecule has 4 N–H and O–H groups in total. The molecule has 0 fully saturated rings. The fraction of sp³-hybridized carbons (Fsp3) is 0.500. The second-order valence-electron chi connectivity index (χ2n) is 6.04. The molecule has 156 valence electrons. The van der Waals surface area contributed by atoms with Crippen molar-refractivity contribution >= 4 is 23.4 Å². The molecular formula is C20H34N6O2. The number of aliphatic hydroxyl groups is 1. The van der Waals surface area contributed by atoms with E-state index in [2.05, 4.69) is 37.5 Å². The van der Waals surface area contributed by atoms with Gasteiger partial charge in [-0.25, -0.2) is 9.98 Å². The number of allylic oxidation sites excluding steroid dienone is 1. The van der Waals surface area contributed by atoms with E-state index in [0.29, 0.717) is 36.4 Å². The van der Waals surface area contributed by atoms with E-state index in [-0.39, 0.29) is 11.5 Å². The molecule has 8 nitrogen and oxygen atoms in total. The summed E-state index contributed by atoms with van der Waals surface area (Å²) in [6, 6.07) is 0. The fourth-order valence-electron chi connectivity index (χ4n) is 1.75. The van der Waals surface area contributed by atoms with Crippen LogP contribution in [0.5, 0.6) is 0 Å². The van der Waals surface area contributed by atoms with Gasteiger partial charge in [0.25, 0.3) is 5.91 Å². The maximum atomic E-state index is 12.4. The van der Waals surface area contributed by atoms with E-state index in [1.807, 2.05) is 20.8 Å². The van der Waals surface area contributed by atoms with Crippen molar-refractivity contribution in [3.63, 3.8) is 0 Å². The Kier molecular flexibility index (Phi) is 11.4. The molecule has 0 spiro atoms. The van der Waals surface area contributed by atoms with Crippen LogP contribution in [0.25, 0.3) is 0 Å². The molecule has 1 aromatic heterocycles. The normalized spacial score (nSPS) is 11.9. The molecular weight excluding hydrogens is 356 g/mol. The number of aliphatic imine (C=N–C) groups is 1. The third-order valence-corrected chi connectivity index (χ3v) is 3.47. The van der Waals surface area contributed by atoms with Gasteiger partial charge in [-0.15, -0.1) is 6.58 Å². The lowest BCUT2D eigenvalue weighted by Gasteiger charge is -2.18. The lowest BCUT2D eigenvalue weighted by molar-refractivity contribution is 0.0958. The van der Waals surface area contributed by atoms with Gasteiger partial charge >= 0.3 is 0 Å². The lowest BCUT2D eigenvalue weighted by atomic mass is 10.1. The number of nitrogens with zero attached hydrogens (tertiary/aromatic N) is 3. The topological polar surface area (TPSA) is 112 Å². The highest BCUT2D eigenvalue weighted by atomic mass is 16.3. The number of aromatic nitrogens is 2. The highest BCUT2D eigenvalue weighted by molar-refractivity contribution is 5.99. The van der Waals surface area contributed by atoms with E-state index >= 15 is 0 Å². The van der Waals surface area contributed by atoms with Crippen molar-refractivity contribution in [1.82, 2.24) is 15.3 Å². The predicted molar refractivity (Wildman–Crippen MR) is 117 cm³/mol. The summed E-state index contributed by atoms with van der Waals surface area (Å²) in [6.07, 6.45) is 4.77. The van der Waals surface area contributed by atoms with Crippen LogP contribution in [-0.2, 0) is 0 Å². The van der Waals surface area contributed by atoms with Crippen molar-refractivity contribution < 1.29 is 9.90 Å². The van der Waals surface area contributed by atoms with Gasteiger partial charge in [-0.3, -0.25) is 4.79 Å². The Bertz CT molecular complexity index is 705. The first-order valence-electron chi connectivity index (χ1n) is 9.44. The molecule has 0 unspecified atom stereocenters. The number of anilines is 2. The molecule has 0 aromatic carbocycles. The molecule has 0 saturated carbocycles. The Hall–Kier alpha value is -2.74. The first-order chi connectivity index (χ1) is 13.2. The molecule has 0 bridgehead atoms. The third kappa shape index (κ3) is 8.30. The Morgan fingerprint density at radius 3 is 2.54 bits per heavy atom. The summed E-state index contributed by atoms with van der Waals surface area (Å²) in [6.45, 7) is 17.3. The van der Waals surface area contributed by atoms with Crippen LogP contribution in [0.1, 0.15) is 58.8 Å². The minimum Gasteiger partial charge on any atom is -0.385 e.